The average molecular weight is 223 g/mol. The first-order valence-corrected chi connectivity index (χ1v) is 4.95. The number of nitrogens with zero attached hydrogens (tertiary/aromatic N) is 1. The van der Waals surface area contributed by atoms with Crippen LogP contribution >= 0.6 is 12.4 Å². The minimum atomic E-state index is 0. The molecule has 0 fully saturated rings. The molecule has 80 valence electrons. The zero-order chi connectivity index (χ0) is 9.97. The number of pyridine rings is 1. The molecule has 0 radical (unpaired) electrons. The standard InChI is InChI=1S/C12H14N2.ClH/c1-2-5-10-8-9-6-3-4-7-11(9)14-12(10)13;/h3-4,6-8H,2,5H2,1H3,(H2,13,14);1H. The van der Waals surface area contributed by atoms with Gasteiger partial charge in [0.2, 0.25) is 0 Å². The van der Waals surface area contributed by atoms with Crippen molar-refractivity contribution in [3.05, 3.63) is 35.9 Å². The van der Waals surface area contributed by atoms with Crippen LogP contribution in [0.5, 0.6) is 0 Å². The van der Waals surface area contributed by atoms with Gasteiger partial charge >= 0.3 is 0 Å². The van der Waals surface area contributed by atoms with Crippen molar-refractivity contribution in [1.29, 1.82) is 0 Å². The van der Waals surface area contributed by atoms with E-state index in [1.54, 1.807) is 0 Å². The molecule has 1 aromatic carbocycles. The minimum Gasteiger partial charge on any atom is -0.383 e. The molecule has 0 aliphatic rings. The number of hydrogen-bond donors (Lipinski definition) is 1. The van der Waals surface area contributed by atoms with Crippen molar-refractivity contribution in [3.8, 4) is 0 Å². The van der Waals surface area contributed by atoms with E-state index < -0.39 is 0 Å². The Kier molecular flexibility index (Phi) is 3.92. The van der Waals surface area contributed by atoms with Gasteiger partial charge in [0.05, 0.1) is 5.52 Å². The van der Waals surface area contributed by atoms with Gasteiger partial charge in [-0.05, 0) is 24.1 Å². The first-order valence-electron chi connectivity index (χ1n) is 4.95. The number of nitrogen functional groups attached to an aromatic ring is 1. The second-order valence-electron chi connectivity index (χ2n) is 3.48. The van der Waals surface area contributed by atoms with Crippen LogP contribution in [0.2, 0.25) is 0 Å². The monoisotopic (exact) mass is 222 g/mol. The van der Waals surface area contributed by atoms with Crippen LogP contribution in [0.15, 0.2) is 30.3 Å². The summed E-state index contributed by atoms with van der Waals surface area (Å²) in [6.07, 6.45) is 2.11. The average Bonchev–Trinajstić information content (AvgIpc) is 2.19. The second kappa shape index (κ2) is 4.99. The lowest BCUT2D eigenvalue weighted by Crippen LogP contribution is -1.97. The number of rotatable bonds is 2. The van der Waals surface area contributed by atoms with Crippen LogP contribution in [-0.2, 0) is 6.42 Å². The fraction of sp³-hybridized carbons (Fsp3) is 0.250. The fourth-order valence-corrected chi connectivity index (χ4v) is 1.64. The Hall–Kier alpha value is -1.28. The maximum atomic E-state index is 5.86. The molecule has 3 heteroatoms. The maximum Gasteiger partial charge on any atom is 0.127 e. The molecule has 0 bridgehead atoms. The quantitative estimate of drug-likeness (QED) is 0.848. The highest BCUT2D eigenvalue weighted by molar-refractivity contribution is 5.85. The topological polar surface area (TPSA) is 38.9 Å². The van der Waals surface area contributed by atoms with Gasteiger partial charge in [-0.1, -0.05) is 31.5 Å². The Morgan fingerprint density at radius 3 is 2.73 bits per heavy atom. The third kappa shape index (κ3) is 2.39. The van der Waals surface area contributed by atoms with E-state index in [1.165, 1.54) is 5.39 Å². The summed E-state index contributed by atoms with van der Waals surface area (Å²) in [5, 5.41) is 1.17. The van der Waals surface area contributed by atoms with Gasteiger partial charge in [0.25, 0.3) is 0 Å². The number of benzene rings is 1. The molecule has 0 aliphatic heterocycles. The molecule has 0 atom stereocenters. The first kappa shape index (κ1) is 11.8. The molecule has 1 aromatic heterocycles. The SMILES string of the molecule is CCCc1cc2ccccc2nc1N.Cl. The van der Waals surface area contributed by atoms with Gasteiger partial charge in [-0.25, -0.2) is 4.98 Å². The third-order valence-corrected chi connectivity index (χ3v) is 2.36. The summed E-state index contributed by atoms with van der Waals surface area (Å²) in [6, 6.07) is 10.2. The largest absolute Gasteiger partial charge is 0.383 e. The van der Waals surface area contributed by atoms with E-state index in [2.05, 4.69) is 24.0 Å². The van der Waals surface area contributed by atoms with Gasteiger partial charge < -0.3 is 5.73 Å². The zero-order valence-corrected chi connectivity index (χ0v) is 9.55. The molecule has 15 heavy (non-hydrogen) atoms. The predicted molar refractivity (Wildman–Crippen MR) is 67.4 cm³/mol. The van der Waals surface area contributed by atoms with Crippen molar-refractivity contribution in [2.75, 3.05) is 5.73 Å². The number of hydrogen-bond acceptors (Lipinski definition) is 2. The lowest BCUT2D eigenvalue weighted by molar-refractivity contribution is 0.921. The van der Waals surface area contributed by atoms with Crippen LogP contribution in [0.25, 0.3) is 10.9 Å². The van der Waals surface area contributed by atoms with Crippen molar-refractivity contribution >= 4 is 29.1 Å². The highest BCUT2D eigenvalue weighted by Crippen LogP contribution is 2.19. The first-order chi connectivity index (χ1) is 6.81. The van der Waals surface area contributed by atoms with Gasteiger partial charge in [-0.2, -0.15) is 0 Å². The van der Waals surface area contributed by atoms with Gasteiger partial charge in [-0.3, -0.25) is 0 Å². The lowest BCUT2D eigenvalue weighted by atomic mass is 10.1. The van der Waals surface area contributed by atoms with Gasteiger partial charge in [-0.15, -0.1) is 12.4 Å². The molecule has 0 saturated carbocycles. The van der Waals surface area contributed by atoms with Crippen molar-refractivity contribution < 1.29 is 0 Å². The molecule has 0 amide bonds. The van der Waals surface area contributed by atoms with Gasteiger partial charge in [0, 0.05) is 5.39 Å². The molecule has 1 heterocycles. The zero-order valence-electron chi connectivity index (χ0n) is 8.73. The summed E-state index contributed by atoms with van der Waals surface area (Å²) in [5.74, 6) is 0.672. The normalized spacial score (nSPS) is 9.93. The lowest BCUT2D eigenvalue weighted by Gasteiger charge is -2.05. The molecule has 2 aromatic rings. The molecule has 2 N–H and O–H groups in total. The van der Waals surface area contributed by atoms with Crippen LogP contribution in [0.1, 0.15) is 18.9 Å². The Morgan fingerprint density at radius 2 is 2.00 bits per heavy atom. The second-order valence-corrected chi connectivity index (χ2v) is 3.48. The summed E-state index contributed by atoms with van der Waals surface area (Å²) < 4.78 is 0. The number of fused-ring (bicyclic) bond motifs is 1. The number of halogens is 1. The van der Waals surface area contributed by atoms with E-state index in [0.29, 0.717) is 5.82 Å². The summed E-state index contributed by atoms with van der Waals surface area (Å²) in [7, 11) is 0. The highest BCUT2D eigenvalue weighted by atomic mass is 35.5. The van der Waals surface area contributed by atoms with Crippen LogP contribution in [0.4, 0.5) is 5.82 Å². The van der Waals surface area contributed by atoms with Crippen molar-refractivity contribution in [2.45, 2.75) is 19.8 Å². The van der Waals surface area contributed by atoms with E-state index >= 15 is 0 Å². The van der Waals surface area contributed by atoms with E-state index in [0.717, 1.165) is 23.9 Å². The van der Waals surface area contributed by atoms with Gasteiger partial charge in [0.15, 0.2) is 0 Å². The Balaban J connectivity index is 0.00000112. The maximum absolute atomic E-state index is 5.86. The molecule has 0 aliphatic carbocycles. The summed E-state index contributed by atoms with van der Waals surface area (Å²) in [5.41, 5.74) is 8.00. The Bertz CT molecular complexity index is 454. The number of aryl methyl sites for hydroxylation is 1. The molecule has 0 unspecified atom stereocenters. The van der Waals surface area contributed by atoms with Crippen LogP contribution < -0.4 is 5.73 Å². The number of aromatic nitrogens is 1. The summed E-state index contributed by atoms with van der Waals surface area (Å²) >= 11 is 0. The van der Waals surface area contributed by atoms with Crippen LogP contribution in [-0.4, -0.2) is 4.98 Å². The van der Waals surface area contributed by atoms with E-state index in [1.807, 2.05) is 18.2 Å². The van der Waals surface area contributed by atoms with Crippen molar-refractivity contribution in [1.82, 2.24) is 4.98 Å². The highest BCUT2D eigenvalue weighted by Gasteiger charge is 2.01. The Labute approximate surface area is 95.9 Å². The number of nitrogens with two attached hydrogens (primary N) is 1. The van der Waals surface area contributed by atoms with Crippen molar-refractivity contribution in [3.63, 3.8) is 0 Å². The van der Waals surface area contributed by atoms with Crippen molar-refractivity contribution in [2.24, 2.45) is 0 Å². The molecule has 2 rings (SSSR count). The van der Waals surface area contributed by atoms with Gasteiger partial charge in [0.1, 0.15) is 5.82 Å². The molecular weight excluding hydrogens is 208 g/mol. The molecule has 2 nitrogen and oxygen atoms in total. The van der Waals surface area contributed by atoms with E-state index in [-0.39, 0.29) is 12.4 Å². The number of para-hydroxylation sites is 1. The predicted octanol–water partition coefficient (Wildman–Crippen LogP) is 3.19. The van der Waals surface area contributed by atoms with E-state index in [9.17, 15) is 0 Å². The van der Waals surface area contributed by atoms with E-state index in [4.69, 9.17) is 5.73 Å². The smallest absolute Gasteiger partial charge is 0.127 e. The fourth-order valence-electron chi connectivity index (χ4n) is 1.64. The molecule has 0 saturated heterocycles. The summed E-state index contributed by atoms with van der Waals surface area (Å²) in [4.78, 5) is 4.37. The number of anilines is 1. The molecular formula is C12H15ClN2. The Morgan fingerprint density at radius 1 is 1.27 bits per heavy atom. The summed E-state index contributed by atoms with van der Waals surface area (Å²) in [6.45, 7) is 2.15. The minimum absolute atomic E-state index is 0. The van der Waals surface area contributed by atoms with Crippen LogP contribution in [0, 0.1) is 0 Å². The van der Waals surface area contributed by atoms with Crippen LogP contribution in [0.3, 0.4) is 0 Å². The third-order valence-electron chi connectivity index (χ3n) is 2.36. The molecule has 0 spiro atoms.